The van der Waals surface area contributed by atoms with E-state index in [0.29, 0.717) is 24.6 Å². The fourth-order valence-electron chi connectivity index (χ4n) is 4.63. The molecule has 1 fully saturated rings. The van der Waals surface area contributed by atoms with E-state index in [-0.39, 0.29) is 23.5 Å². The van der Waals surface area contributed by atoms with Gasteiger partial charge in [0.25, 0.3) is 5.91 Å². The Hall–Kier alpha value is -3.10. The summed E-state index contributed by atoms with van der Waals surface area (Å²) in [5, 5.41) is 13.3. The molecule has 3 aromatic rings. The second-order valence-electron chi connectivity index (χ2n) is 8.40. The molecule has 0 radical (unpaired) electrons. The zero-order valence-corrected chi connectivity index (χ0v) is 17.7. The average molecular weight is 423 g/mol. The summed E-state index contributed by atoms with van der Waals surface area (Å²) in [5.41, 5.74) is 0.674. The second-order valence-corrected chi connectivity index (χ2v) is 8.40. The summed E-state index contributed by atoms with van der Waals surface area (Å²) in [6.07, 6.45) is 6.42. The molecule has 9 heteroatoms. The number of amides is 1. The van der Waals surface area contributed by atoms with E-state index in [9.17, 15) is 9.18 Å². The van der Waals surface area contributed by atoms with Crippen molar-refractivity contribution in [1.82, 2.24) is 34.4 Å². The van der Waals surface area contributed by atoms with Gasteiger partial charge in [0.15, 0.2) is 0 Å². The first-order valence-corrected chi connectivity index (χ1v) is 11.0. The van der Waals surface area contributed by atoms with Crippen molar-refractivity contribution in [2.24, 2.45) is 0 Å². The van der Waals surface area contributed by atoms with Crippen LogP contribution in [0.5, 0.6) is 0 Å². The lowest BCUT2D eigenvalue weighted by molar-refractivity contribution is 0.0690. The molecule has 1 aromatic carbocycles. The van der Waals surface area contributed by atoms with Crippen LogP contribution in [-0.2, 0) is 13.0 Å². The third-order valence-electron chi connectivity index (χ3n) is 6.24. The number of carbonyl (C=O) groups is 1. The molecule has 162 valence electrons. The van der Waals surface area contributed by atoms with Gasteiger partial charge in [0.05, 0.1) is 5.69 Å². The van der Waals surface area contributed by atoms with Gasteiger partial charge in [-0.3, -0.25) is 4.79 Å². The van der Waals surface area contributed by atoms with Gasteiger partial charge in [-0.25, -0.2) is 14.1 Å². The molecule has 31 heavy (non-hydrogen) atoms. The van der Waals surface area contributed by atoms with E-state index in [1.807, 2.05) is 4.90 Å². The number of likely N-dealkylation sites (tertiary alicyclic amines) is 1. The van der Waals surface area contributed by atoms with Gasteiger partial charge < -0.3 is 9.47 Å². The predicted octanol–water partition coefficient (Wildman–Crippen LogP) is 3.05. The lowest BCUT2D eigenvalue weighted by Gasteiger charge is -2.31. The standard InChI is InChI=1S/C22H26FN7O/c1-15-24-20(27-30(15)18-10-8-17(23)9-11-18)22(31)28-12-5-6-16(14-28)21-26-25-19-7-3-2-4-13-29(19)21/h8-11,16H,2-7,12-14H2,1H3/t16-/m1/s1. The summed E-state index contributed by atoms with van der Waals surface area (Å²) in [7, 11) is 0. The minimum atomic E-state index is -0.316. The lowest BCUT2D eigenvalue weighted by atomic mass is 9.97. The van der Waals surface area contributed by atoms with Crippen molar-refractivity contribution >= 4 is 5.91 Å². The van der Waals surface area contributed by atoms with Gasteiger partial charge in [0.2, 0.25) is 5.82 Å². The molecular weight excluding hydrogens is 397 g/mol. The minimum absolute atomic E-state index is 0.169. The van der Waals surface area contributed by atoms with Crippen molar-refractivity contribution in [3.05, 3.63) is 53.4 Å². The van der Waals surface area contributed by atoms with Crippen LogP contribution in [-0.4, -0.2) is 53.4 Å². The summed E-state index contributed by atoms with van der Waals surface area (Å²) in [5.74, 6) is 2.53. The summed E-state index contributed by atoms with van der Waals surface area (Å²) >= 11 is 0. The molecule has 2 aliphatic rings. The highest BCUT2D eigenvalue weighted by atomic mass is 19.1. The van der Waals surface area contributed by atoms with Crippen LogP contribution in [0.3, 0.4) is 0 Å². The Morgan fingerprint density at radius 1 is 1.06 bits per heavy atom. The molecule has 2 aliphatic heterocycles. The molecule has 0 unspecified atom stereocenters. The minimum Gasteiger partial charge on any atom is -0.335 e. The number of fused-ring (bicyclic) bond motifs is 1. The lowest BCUT2D eigenvalue weighted by Crippen LogP contribution is -2.40. The Bertz CT molecular complexity index is 1090. The maximum atomic E-state index is 13.2. The molecule has 8 nitrogen and oxygen atoms in total. The molecule has 1 saturated heterocycles. The molecule has 0 saturated carbocycles. The quantitative estimate of drug-likeness (QED) is 0.647. The molecule has 1 atom stereocenters. The van der Waals surface area contributed by atoms with Gasteiger partial charge in [-0.15, -0.1) is 15.3 Å². The number of benzene rings is 1. The van der Waals surface area contributed by atoms with E-state index < -0.39 is 0 Å². The normalized spacial score (nSPS) is 19.2. The molecule has 0 N–H and O–H groups in total. The highest BCUT2D eigenvalue weighted by Gasteiger charge is 2.31. The topological polar surface area (TPSA) is 81.7 Å². The third kappa shape index (κ3) is 3.84. The number of hydrogen-bond acceptors (Lipinski definition) is 5. The fourth-order valence-corrected chi connectivity index (χ4v) is 4.63. The van der Waals surface area contributed by atoms with Crippen LogP contribution in [0.1, 0.15) is 66.1 Å². The zero-order chi connectivity index (χ0) is 21.4. The Labute approximate surface area is 180 Å². The zero-order valence-electron chi connectivity index (χ0n) is 17.7. The van der Waals surface area contributed by atoms with E-state index in [1.165, 1.54) is 18.6 Å². The Balaban J connectivity index is 1.35. The van der Waals surface area contributed by atoms with Crippen LogP contribution in [0, 0.1) is 12.7 Å². The Kier molecular flexibility index (Phi) is 5.25. The van der Waals surface area contributed by atoms with Gasteiger partial charge >= 0.3 is 0 Å². The van der Waals surface area contributed by atoms with Crippen molar-refractivity contribution in [2.75, 3.05) is 13.1 Å². The molecule has 1 amide bonds. The first-order valence-electron chi connectivity index (χ1n) is 11.0. The Morgan fingerprint density at radius 2 is 1.90 bits per heavy atom. The first kappa shape index (κ1) is 19.8. The van der Waals surface area contributed by atoms with Crippen LogP contribution in [0.2, 0.25) is 0 Å². The summed E-state index contributed by atoms with van der Waals surface area (Å²) in [4.78, 5) is 19.4. The van der Waals surface area contributed by atoms with Gasteiger partial charge in [-0.1, -0.05) is 6.42 Å². The SMILES string of the molecule is Cc1nc(C(=O)N2CCC[C@@H](c3nnc4n3CCCCC4)C2)nn1-c1ccc(F)cc1. The Morgan fingerprint density at radius 3 is 2.74 bits per heavy atom. The number of halogens is 1. The summed E-state index contributed by atoms with van der Waals surface area (Å²) in [6.45, 7) is 4.03. The predicted molar refractivity (Wildman–Crippen MR) is 112 cm³/mol. The molecular formula is C22H26FN7O. The highest BCUT2D eigenvalue weighted by Crippen LogP contribution is 2.28. The largest absolute Gasteiger partial charge is 0.335 e. The smallest absolute Gasteiger partial charge is 0.293 e. The van der Waals surface area contributed by atoms with E-state index in [4.69, 9.17) is 0 Å². The highest BCUT2D eigenvalue weighted by molar-refractivity contribution is 5.90. The van der Waals surface area contributed by atoms with Gasteiger partial charge in [0, 0.05) is 32.0 Å². The fraction of sp³-hybridized carbons (Fsp3) is 0.500. The summed E-state index contributed by atoms with van der Waals surface area (Å²) in [6, 6.07) is 5.99. The number of piperidine rings is 1. The number of rotatable bonds is 3. The molecule has 0 spiro atoms. The number of aryl methyl sites for hydroxylation is 2. The molecule has 5 rings (SSSR count). The summed E-state index contributed by atoms with van der Waals surface area (Å²) < 4.78 is 17.1. The second kappa shape index (κ2) is 8.20. The van der Waals surface area contributed by atoms with E-state index in [1.54, 1.807) is 23.7 Å². The number of carbonyl (C=O) groups excluding carboxylic acids is 1. The number of aromatic nitrogens is 6. The maximum absolute atomic E-state index is 13.2. The van der Waals surface area contributed by atoms with Gasteiger partial charge in [-0.05, 0) is 56.9 Å². The van der Waals surface area contributed by atoms with Crippen molar-refractivity contribution in [1.29, 1.82) is 0 Å². The molecule has 4 heterocycles. The van der Waals surface area contributed by atoms with E-state index >= 15 is 0 Å². The number of nitrogens with zero attached hydrogens (tertiary/aromatic N) is 7. The van der Waals surface area contributed by atoms with Crippen LogP contribution in [0.25, 0.3) is 5.69 Å². The van der Waals surface area contributed by atoms with Crippen molar-refractivity contribution < 1.29 is 9.18 Å². The first-order chi connectivity index (χ1) is 15.1. The monoisotopic (exact) mass is 423 g/mol. The van der Waals surface area contributed by atoms with Crippen molar-refractivity contribution in [2.45, 2.75) is 57.9 Å². The van der Waals surface area contributed by atoms with Crippen LogP contribution < -0.4 is 0 Å². The van der Waals surface area contributed by atoms with E-state index in [0.717, 1.165) is 50.3 Å². The number of hydrogen-bond donors (Lipinski definition) is 0. The van der Waals surface area contributed by atoms with E-state index in [2.05, 4.69) is 24.8 Å². The molecule has 0 bridgehead atoms. The van der Waals surface area contributed by atoms with Crippen molar-refractivity contribution in [3.63, 3.8) is 0 Å². The molecule has 0 aliphatic carbocycles. The van der Waals surface area contributed by atoms with Crippen LogP contribution in [0.4, 0.5) is 4.39 Å². The third-order valence-corrected chi connectivity index (χ3v) is 6.24. The maximum Gasteiger partial charge on any atom is 0.293 e. The molecule has 2 aromatic heterocycles. The van der Waals surface area contributed by atoms with Gasteiger partial charge in [-0.2, -0.15) is 0 Å². The average Bonchev–Trinajstić information content (AvgIpc) is 3.29. The van der Waals surface area contributed by atoms with Crippen LogP contribution >= 0.6 is 0 Å². The van der Waals surface area contributed by atoms with Crippen LogP contribution in [0.15, 0.2) is 24.3 Å². The van der Waals surface area contributed by atoms with Crippen molar-refractivity contribution in [3.8, 4) is 5.69 Å². The van der Waals surface area contributed by atoms with Gasteiger partial charge in [0.1, 0.15) is 23.3 Å².